The van der Waals surface area contributed by atoms with Gasteiger partial charge in [0.15, 0.2) is 0 Å². The van der Waals surface area contributed by atoms with E-state index < -0.39 is 0 Å². The molecule has 64 valence electrons. The first-order valence-electron chi connectivity index (χ1n) is 3.86. The first-order valence-corrected chi connectivity index (χ1v) is 3.86. The molecule has 0 bridgehead atoms. The molecule has 0 amide bonds. The molecule has 0 nitrogen and oxygen atoms in total. The van der Waals surface area contributed by atoms with Crippen molar-refractivity contribution in [2.45, 2.75) is 54.4 Å². The van der Waals surface area contributed by atoms with Crippen molar-refractivity contribution in [3.63, 3.8) is 0 Å². The van der Waals surface area contributed by atoms with Gasteiger partial charge in [-0.05, 0) is 24.7 Å². The minimum atomic E-state index is 0. The van der Waals surface area contributed by atoms with E-state index in [9.17, 15) is 0 Å². The second kappa shape index (κ2) is 5.76. The molecule has 10 heavy (non-hydrogen) atoms. The largest absolute Gasteiger partial charge is 0.0776 e. The van der Waals surface area contributed by atoms with Crippen LogP contribution in [0, 0.1) is 11.8 Å². The van der Waals surface area contributed by atoms with Crippen molar-refractivity contribution in [3.8, 4) is 0 Å². The summed E-state index contributed by atoms with van der Waals surface area (Å²) >= 11 is 0. The lowest BCUT2D eigenvalue weighted by atomic mass is 9.72. The zero-order valence-electron chi connectivity index (χ0n) is 5.98. The minimum absolute atomic E-state index is 0. The average Bonchev–Trinajstić information content (AvgIpc) is 1.65. The monoisotopic (exact) mass is 144 g/mol. The van der Waals surface area contributed by atoms with Gasteiger partial charge in [-0.25, -0.2) is 0 Å². The Morgan fingerprint density at radius 3 is 1.40 bits per heavy atom. The summed E-state index contributed by atoms with van der Waals surface area (Å²) in [7, 11) is 0. The topological polar surface area (TPSA) is 0 Å². The molecule has 0 aromatic carbocycles. The van der Waals surface area contributed by atoms with Crippen LogP contribution in [0.25, 0.3) is 0 Å². The molecular formula is C10H24. The van der Waals surface area contributed by atoms with E-state index in [2.05, 4.69) is 13.8 Å². The van der Waals surface area contributed by atoms with E-state index >= 15 is 0 Å². The molecule has 1 saturated carbocycles. The van der Waals surface area contributed by atoms with Crippen LogP contribution in [0.2, 0.25) is 0 Å². The van der Waals surface area contributed by atoms with Crippen LogP contribution in [0.4, 0.5) is 0 Å². The smallest absolute Gasteiger partial charge is 0.0412 e. The average molecular weight is 144 g/mol. The van der Waals surface area contributed by atoms with Crippen molar-refractivity contribution in [1.82, 2.24) is 0 Å². The highest BCUT2D eigenvalue weighted by Crippen LogP contribution is 2.37. The molecule has 0 radical (unpaired) electrons. The maximum absolute atomic E-state index is 2.30. The van der Waals surface area contributed by atoms with Crippen LogP contribution in [0.5, 0.6) is 0 Å². The number of hydrogen-bond donors (Lipinski definition) is 0. The van der Waals surface area contributed by atoms with Crippen molar-refractivity contribution in [1.29, 1.82) is 0 Å². The van der Waals surface area contributed by atoms with Gasteiger partial charge >= 0.3 is 0 Å². The molecule has 0 aromatic rings. The van der Waals surface area contributed by atoms with Gasteiger partial charge in [0.25, 0.3) is 0 Å². The third-order valence-corrected chi connectivity index (χ3v) is 2.49. The second-order valence-electron chi connectivity index (χ2n) is 3.02. The molecular weight excluding hydrogens is 120 g/mol. The summed E-state index contributed by atoms with van der Waals surface area (Å²) in [6, 6.07) is 0. The van der Waals surface area contributed by atoms with Crippen LogP contribution in [0.3, 0.4) is 0 Å². The SMILES string of the molecule is C.C.CCC1CC(CC)C1. The molecule has 1 fully saturated rings. The van der Waals surface area contributed by atoms with E-state index in [0.717, 1.165) is 11.8 Å². The normalized spacial score (nSPS) is 29.4. The van der Waals surface area contributed by atoms with Gasteiger partial charge in [-0.2, -0.15) is 0 Å². The Morgan fingerprint density at radius 2 is 1.20 bits per heavy atom. The van der Waals surface area contributed by atoms with E-state index in [4.69, 9.17) is 0 Å². The van der Waals surface area contributed by atoms with Crippen LogP contribution in [0.15, 0.2) is 0 Å². The predicted molar refractivity (Wildman–Crippen MR) is 50.3 cm³/mol. The van der Waals surface area contributed by atoms with Crippen molar-refractivity contribution < 1.29 is 0 Å². The first-order chi connectivity index (χ1) is 3.86. The standard InChI is InChI=1S/C8H16.2CH4/c1-3-7-5-8(4-2)6-7;;/h7-8H,3-6H2,1-2H3;2*1H4. The lowest BCUT2D eigenvalue weighted by molar-refractivity contribution is 0.183. The van der Waals surface area contributed by atoms with E-state index in [1.54, 1.807) is 0 Å². The highest BCUT2D eigenvalue weighted by atomic mass is 14.3. The van der Waals surface area contributed by atoms with Crippen molar-refractivity contribution in [3.05, 3.63) is 0 Å². The first kappa shape index (κ1) is 12.7. The molecule has 0 heteroatoms. The fourth-order valence-electron chi connectivity index (χ4n) is 1.54. The van der Waals surface area contributed by atoms with E-state index in [-0.39, 0.29) is 14.9 Å². The summed E-state index contributed by atoms with van der Waals surface area (Å²) in [6.07, 6.45) is 5.87. The van der Waals surface area contributed by atoms with E-state index in [1.165, 1.54) is 25.7 Å². The summed E-state index contributed by atoms with van der Waals surface area (Å²) in [4.78, 5) is 0. The fourth-order valence-corrected chi connectivity index (χ4v) is 1.54. The molecule has 0 N–H and O–H groups in total. The Hall–Kier alpha value is 0. The van der Waals surface area contributed by atoms with Crippen LogP contribution >= 0.6 is 0 Å². The summed E-state index contributed by atoms with van der Waals surface area (Å²) in [5.74, 6) is 2.19. The summed E-state index contributed by atoms with van der Waals surface area (Å²) in [5.41, 5.74) is 0. The van der Waals surface area contributed by atoms with Crippen LogP contribution < -0.4 is 0 Å². The van der Waals surface area contributed by atoms with Gasteiger partial charge < -0.3 is 0 Å². The van der Waals surface area contributed by atoms with Crippen molar-refractivity contribution >= 4 is 0 Å². The maximum Gasteiger partial charge on any atom is -0.0412 e. The molecule has 0 atom stereocenters. The Bertz CT molecular complexity index is 52.4. The predicted octanol–water partition coefficient (Wildman–Crippen LogP) is 4.10. The lowest BCUT2D eigenvalue weighted by Gasteiger charge is -2.33. The Balaban J connectivity index is 0. The van der Waals surface area contributed by atoms with E-state index in [1.807, 2.05) is 0 Å². The molecule has 0 unspecified atom stereocenters. The summed E-state index contributed by atoms with van der Waals surface area (Å²) in [5, 5.41) is 0. The molecule has 1 aliphatic carbocycles. The van der Waals surface area contributed by atoms with Crippen LogP contribution in [0.1, 0.15) is 54.4 Å². The molecule has 0 heterocycles. The number of rotatable bonds is 2. The third-order valence-electron chi connectivity index (χ3n) is 2.49. The second-order valence-corrected chi connectivity index (χ2v) is 3.02. The van der Waals surface area contributed by atoms with Crippen molar-refractivity contribution in [2.24, 2.45) is 11.8 Å². The van der Waals surface area contributed by atoms with Crippen LogP contribution in [-0.4, -0.2) is 0 Å². The van der Waals surface area contributed by atoms with E-state index in [0.29, 0.717) is 0 Å². The zero-order valence-corrected chi connectivity index (χ0v) is 5.98. The highest BCUT2D eigenvalue weighted by Gasteiger charge is 2.25. The molecule has 0 saturated heterocycles. The minimum Gasteiger partial charge on any atom is -0.0776 e. The number of hydrogen-bond acceptors (Lipinski definition) is 0. The van der Waals surface area contributed by atoms with Gasteiger partial charge in [0.05, 0.1) is 0 Å². The molecule has 1 rings (SSSR count). The fraction of sp³-hybridized carbons (Fsp3) is 1.00. The van der Waals surface area contributed by atoms with Gasteiger partial charge in [0.1, 0.15) is 0 Å². The molecule has 0 aromatic heterocycles. The van der Waals surface area contributed by atoms with Gasteiger partial charge in [-0.15, -0.1) is 0 Å². The van der Waals surface area contributed by atoms with Gasteiger partial charge in [0.2, 0.25) is 0 Å². The zero-order chi connectivity index (χ0) is 5.98. The van der Waals surface area contributed by atoms with Gasteiger partial charge in [-0.3, -0.25) is 0 Å². The highest BCUT2D eigenvalue weighted by molar-refractivity contribution is 4.76. The lowest BCUT2D eigenvalue weighted by Crippen LogP contribution is -2.21. The van der Waals surface area contributed by atoms with Gasteiger partial charge in [-0.1, -0.05) is 41.5 Å². The van der Waals surface area contributed by atoms with Gasteiger partial charge in [0, 0.05) is 0 Å². The third kappa shape index (κ3) is 2.72. The molecule has 0 spiro atoms. The Morgan fingerprint density at radius 1 is 0.900 bits per heavy atom. The summed E-state index contributed by atoms with van der Waals surface area (Å²) < 4.78 is 0. The quantitative estimate of drug-likeness (QED) is 0.547. The van der Waals surface area contributed by atoms with Crippen LogP contribution in [-0.2, 0) is 0 Å². The van der Waals surface area contributed by atoms with Crippen molar-refractivity contribution in [2.75, 3.05) is 0 Å². The molecule has 1 aliphatic rings. The molecule has 0 aliphatic heterocycles. The Labute approximate surface area is 67.0 Å². The maximum atomic E-state index is 2.30. The summed E-state index contributed by atoms with van der Waals surface area (Å²) in [6.45, 7) is 4.60. The Kier molecular flexibility index (Phi) is 7.29.